The number of thiophene rings is 1. The summed E-state index contributed by atoms with van der Waals surface area (Å²) in [5.74, 6) is 0.853. The van der Waals surface area contributed by atoms with Gasteiger partial charge in [0.05, 0.1) is 6.54 Å². The molecule has 6 heteroatoms. The highest BCUT2D eigenvalue weighted by Crippen LogP contribution is 2.58. The van der Waals surface area contributed by atoms with Crippen molar-refractivity contribution in [1.82, 2.24) is 10.2 Å². The van der Waals surface area contributed by atoms with Crippen molar-refractivity contribution in [3.63, 3.8) is 0 Å². The van der Waals surface area contributed by atoms with E-state index in [-0.39, 0.29) is 29.8 Å². The molecule has 1 aromatic heterocycles. The molecule has 1 spiro atoms. The molecule has 26 heavy (non-hydrogen) atoms. The number of nitrogens with zero attached hydrogens (tertiary/aromatic N) is 1. The third-order valence-corrected chi connectivity index (χ3v) is 6.24. The molecule has 2 aromatic rings. The normalized spacial score (nSPS) is 23.8. The van der Waals surface area contributed by atoms with Gasteiger partial charge >= 0.3 is 0 Å². The summed E-state index contributed by atoms with van der Waals surface area (Å²) in [5.41, 5.74) is -0.0120. The van der Waals surface area contributed by atoms with Crippen LogP contribution in [0.5, 0.6) is 5.75 Å². The molecule has 2 amide bonds. The number of para-hydroxylation sites is 1. The van der Waals surface area contributed by atoms with Crippen molar-refractivity contribution in [2.75, 3.05) is 19.7 Å². The van der Waals surface area contributed by atoms with Gasteiger partial charge in [0.25, 0.3) is 5.91 Å². The number of carbonyl (C=O) groups excluding carboxylic acids is 2. The molecule has 5 nitrogen and oxygen atoms in total. The Labute approximate surface area is 157 Å². The van der Waals surface area contributed by atoms with Gasteiger partial charge in [0.1, 0.15) is 5.75 Å². The van der Waals surface area contributed by atoms with Crippen LogP contribution < -0.4 is 10.1 Å². The third kappa shape index (κ3) is 3.60. The van der Waals surface area contributed by atoms with Gasteiger partial charge in [-0.2, -0.15) is 0 Å². The Balaban J connectivity index is 1.24. The molecule has 1 saturated carbocycles. The van der Waals surface area contributed by atoms with E-state index < -0.39 is 0 Å². The lowest BCUT2D eigenvalue weighted by Crippen LogP contribution is -2.34. The smallest absolute Gasteiger partial charge is 0.260 e. The van der Waals surface area contributed by atoms with Crippen LogP contribution in [-0.2, 0) is 16.1 Å². The molecule has 2 heterocycles. The van der Waals surface area contributed by atoms with Gasteiger partial charge in [-0.3, -0.25) is 9.59 Å². The Hall–Kier alpha value is -2.34. The molecule has 2 atom stereocenters. The zero-order valence-corrected chi connectivity index (χ0v) is 15.3. The van der Waals surface area contributed by atoms with Gasteiger partial charge in [-0.1, -0.05) is 24.3 Å². The van der Waals surface area contributed by atoms with Crippen LogP contribution in [0.4, 0.5) is 0 Å². The average Bonchev–Trinajstić information content (AvgIpc) is 3.02. The largest absolute Gasteiger partial charge is 0.484 e. The first-order chi connectivity index (χ1) is 12.7. The van der Waals surface area contributed by atoms with Crippen LogP contribution in [0.3, 0.4) is 0 Å². The van der Waals surface area contributed by atoms with E-state index in [9.17, 15) is 9.59 Å². The number of hydrogen-bond acceptors (Lipinski definition) is 4. The van der Waals surface area contributed by atoms with Gasteiger partial charge in [0.15, 0.2) is 6.61 Å². The van der Waals surface area contributed by atoms with Gasteiger partial charge in [-0.25, -0.2) is 0 Å². The summed E-state index contributed by atoms with van der Waals surface area (Å²) in [6.45, 7) is 2.03. The standard InChI is InChI=1S/C20H22N2O3S/c23-18(13-25-15-5-2-1-3-6-15)22-9-8-20(14-22)11-17(20)19(24)21-12-16-7-4-10-26-16/h1-7,10,17H,8-9,11-14H2,(H,21,24). The predicted octanol–water partition coefficient (Wildman–Crippen LogP) is 2.68. The molecular formula is C20H22N2O3S. The summed E-state index contributed by atoms with van der Waals surface area (Å²) in [6, 6.07) is 13.4. The summed E-state index contributed by atoms with van der Waals surface area (Å²) in [5, 5.41) is 5.04. The molecule has 1 saturated heterocycles. The van der Waals surface area contributed by atoms with E-state index in [1.165, 1.54) is 0 Å². The molecule has 2 unspecified atom stereocenters. The Morgan fingerprint density at radius 2 is 2.08 bits per heavy atom. The van der Waals surface area contributed by atoms with E-state index in [1.54, 1.807) is 11.3 Å². The molecule has 0 bridgehead atoms. The topological polar surface area (TPSA) is 58.6 Å². The van der Waals surface area contributed by atoms with Crippen molar-refractivity contribution < 1.29 is 14.3 Å². The molecule has 4 rings (SSSR count). The quantitative estimate of drug-likeness (QED) is 0.851. The number of benzene rings is 1. The van der Waals surface area contributed by atoms with Gasteiger partial charge in [0, 0.05) is 29.3 Å². The summed E-state index contributed by atoms with van der Waals surface area (Å²) >= 11 is 1.65. The van der Waals surface area contributed by atoms with Crippen LogP contribution in [0.1, 0.15) is 17.7 Å². The van der Waals surface area contributed by atoms with Crippen LogP contribution in [0, 0.1) is 11.3 Å². The van der Waals surface area contributed by atoms with Crippen LogP contribution in [-0.4, -0.2) is 36.4 Å². The Morgan fingerprint density at radius 1 is 1.23 bits per heavy atom. The lowest BCUT2D eigenvalue weighted by molar-refractivity contribution is -0.132. The molecule has 1 N–H and O–H groups in total. The van der Waals surface area contributed by atoms with Gasteiger partial charge < -0.3 is 15.0 Å². The number of hydrogen-bond donors (Lipinski definition) is 1. The lowest BCUT2D eigenvalue weighted by atomic mass is 10.0. The van der Waals surface area contributed by atoms with Crippen molar-refractivity contribution >= 4 is 23.2 Å². The van der Waals surface area contributed by atoms with Crippen molar-refractivity contribution in [3.8, 4) is 5.75 Å². The second-order valence-electron chi connectivity index (χ2n) is 7.08. The fraction of sp³-hybridized carbons (Fsp3) is 0.400. The molecular weight excluding hydrogens is 348 g/mol. The van der Waals surface area contributed by atoms with E-state index in [0.29, 0.717) is 25.4 Å². The molecule has 136 valence electrons. The summed E-state index contributed by atoms with van der Waals surface area (Å²) < 4.78 is 5.55. The Bertz CT molecular complexity index is 778. The maximum Gasteiger partial charge on any atom is 0.260 e. The summed E-state index contributed by atoms with van der Waals surface area (Å²) in [7, 11) is 0. The predicted molar refractivity (Wildman–Crippen MR) is 99.8 cm³/mol. The zero-order chi connectivity index (χ0) is 18.0. The van der Waals surface area contributed by atoms with Crippen molar-refractivity contribution in [2.24, 2.45) is 11.3 Å². The van der Waals surface area contributed by atoms with Crippen molar-refractivity contribution in [3.05, 3.63) is 52.7 Å². The molecule has 2 aliphatic rings. The second kappa shape index (κ2) is 7.11. The molecule has 0 radical (unpaired) electrons. The minimum atomic E-state index is -0.0120. The maximum absolute atomic E-state index is 12.4. The third-order valence-electron chi connectivity index (χ3n) is 5.37. The molecule has 1 aliphatic heterocycles. The Morgan fingerprint density at radius 3 is 2.85 bits per heavy atom. The first-order valence-corrected chi connectivity index (χ1v) is 9.80. The zero-order valence-electron chi connectivity index (χ0n) is 14.5. The highest BCUT2D eigenvalue weighted by atomic mass is 32.1. The SMILES string of the molecule is O=C(NCc1cccs1)C1CC12CCN(C(=O)COc1ccccc1)C2. The molecule has 2 fully saturated rings. The minimum absolute atomic E-state index is 0.00429. The van der Waals surface area contributed by atoms with E-state index in [4.69, 9.17) is 4.74 Å². The number of amides is 2. The van der Waals surface area contributed by atoms with E-state index in [1.807, 2.05) is 52.7 Å². The fourth-order valence-electron chi connectivity index (χ4n) is 3.74. The number of ether oxygens (including phenoxy) is 1. The van der Waals surface area contributed by atoms with Crippen LogP contribution >= 0.6 is 11.3 Å². The van der Waals surface area contributed by atoms with Crippen LogP contribution in [0.25, 0.3) is 0 Å². The van der Waals surface area contributed by atoms with Gasteiger partial charge in [0.2, 0.25) is 5.91 Å². The number of rotatable bonds is 6. The highest BCUT2D eigenvalue weighted by molar-refractivity contribution is 7.09. The van der Waals surface area contributed by atoms with E-state index in [2.05, 4.69) is 5.32 Å². The molecule has 1 aliphatic carbocycles. The minimum Gasteiger partial charge on any atom is -0.484 e. The van der Waals surface area contributed by atoms with Gasteiger partial charge in [-0.15, -0.1) is 11.3 Å². The second-order valence-corrected chi connectivity index (χ2v) is 8.12. The van der Waals surface area contributed by atoms with E-state index in [0.717, 1.165) is 17.7 Å². The molecule has 1 aromatic carbocycles. The van der Waals surface area contributed by atoms with Crippen LogP contribution in [0.2, 0.25) is 0 Å². The highest BCUT2D eigenvalue weighted by Gasteiger charge is 2.61. The maximum atomic E-state index is 12.4. The summed E-state index contributed by atoms with van der Waals surface area (Å²) in [6.07, 6.45) is 1.79. The van der Waals surface area contributed by atoms with Gasteiger partial charge in [-0.05, 0) is 36.4 Å². The monoisotopic (exact) mass is 370 g/mol. The van der Waals surface area contributed by atoms with Crippen molar-refractivity contribution in [2.45, 2.75) is 19.4 Å². The van der Waals surface area contributed by atoms with Crippen LogP contribution in [0.15, 0.2) is 47.8 Å². The summed E-state index contributed by atoms with van der Waals surface area (Å²) in [4.78, 5) is 27.8. The number of nitrogens with one attached hydrogen (secondary N) is 1. The Kier molecular flexibility index (Phi) is 4.68. The first-order valence-electron chi connectivity index (χ1n) is 8.92. The van der Waals surface area contributed by atoms with E-state index >= 15 is 0 Å². The fourth-order valence-corrected chi connectivity index (χ4v) is 4.39. The lowest BCUT2D eigenvalue weighted by Gasteiger charge is -2.17. The number of likely N-dealkylation sites (tertiary alicyclic amines) is 1. The van der Waals surface area contributed by atoms with Crippen molar-refractivity contribution in [1.29, 1.82) is 0 Å². The number of carbonyl (C=O) groups is 2. The first kappa shape index (κ1) is 17.1. The average molecular weight is 370 g/mol.